The monoisotopic (exact) mass is 384 g/mol. The standard InChI is InChI=1S/C21H21FN2O2S/c1-13-5-4-6-18(11-13)26-12-19-23-15(3)20(27-19)21(25)24-14(2)16-7-9-17(22)10-8-16/h4-11,14H,12H2,1-3H3,(H,24,25)/t14-/m1/s1. The zero-order valence-electron chi connectivity index (χ0n) is 15.5. The van der Waals surface area contributed by atoms with Gasteiger partial charge in [-0.3, -0.25) is 4.79 Å². The van der Waals surface area contributed by atoms with Gasteiger partial charge in [0.15, 0.2) is 0 Å². The Kier molecular flexibility index (Phi) is 5.86. The first kappa shape index (κ1) is 19.0. The van der Waals surface area contributed by atoms with Crippen molar-refractivity contribution in [3.05, 3.63) is 81.1 Å². The highest BCUT2D eigenvalue weighted by atomic mass is 32.1. The summed E-state index contributed by atoms with van der Waals surface area (Å²) in [7, 11) is 0. The first-order chi connectivity index (χ1) is 12.9. The normalized spacial score (nSPS) is 11.9. The van der Waals surface area contributed by atoms with Crippen molar-refractivity contribution in [3.8, 4) is 5.75 Å². The van der Waals surface area contributed by atoms with Crippen molar-refractivity contribution in [2.75, 3.05) is 0 Å². The number of nitrogens with one attached hydrogen (secondary N) is 1. The smallest absolute Gasteiger partial charge is 0.263 e. The van der Waals surface area contributed by atoms with Gasteiger partial charge in [0, 0.05) is 0 Å². The number of hydrogen-bond donors (Lipinski definition) is 1. The second kappa shape index (κ2) is 8.31. The summed E-state index contributed by atoms with van der Waals surface area (Å²) in [6.45, 7) is 5.99. The van der Waals surface area contributed by atoms with Crippen LogP contribution < -0.4 is 10.1 Å². The lowest BCUT2D eigenvalue weighted by Gasteiger charge is -2.13. The van der Waals surface area contributed by atoms with Gasteiger partial charge >= 0.3 is 0 Å². The minimum Gasteiger partial charge on any atom is -0.486 e. The second-order valence-electron chi connectivity index (χ2n) is 6.37. The van der Waals surface area contributed by atoms with E-state index < -0.39 is 0 Å². The summed E-state index contributed by atoms with van der Waals surface area (Å²) >= 11 is 1.32. The minimum absolute atomic E-state index is 0.191. The van der Waals surface area contributed by atoms with E-state index in [2.05, 4.69) is 10.3 Å². The third kappa shape index (κ3) is 4.92. The van der Waals surface area contributed by atoms with Gasteiger partial charge in [-0.25, -0.2) is 9.37 Å². The Bertz CT molecular complexity index is 938. The molecule has 0 radical (unpaired) electrons. The van der Waals surface area contributed by atoms with E-state index >= 15 is 0 Å². The van der Waals surface area contributed by atoms with Gasteiger partial charge in [0.05, 0.1) is 11.7 Å². The first-order valence-corrected chi connectivity index (χ1v) is 9.46. The predicted molar refractivity (Wildman–Crippen MR) is 105 cm³/mol. The van der Waals surface area contributed by atoms with E-state index in [-0.39, 0.29) is 17.8 Å². The number of nitrogens with zero attached hydrogens (tertiary/aromatic N) is 1. The Morgan fingerprint density at radius 2 is 1.96 bits per heavy atom. The SMILES string of the molecule is Cc1cccc(OCc2nc(C)c(C(=O)N[C@H](C)c3ccc(F)cc3)s2)c1. The third-order valence-corrected chi connectivity index (χ3v) is 5.25. The van der Waals surface area contributed by atoms with Crippen molar-refractivity contribution in [3.63, 3.8) is 0 Å². The first-order valence-electron chi connectivity index (χ1n) is 8.64. The van der Waals surface area contributed by atoms with Gasteiger partial charge in [-0.2, -0.15) is 0 Å². The number of amides is 1. The van der Waals surface area contributed by atoms with Crippen molar-refractivity contribution >= 4 is 17.2 Å². The van der Waals surface area contributed by atoms with E-state index in [1.54, 1.807) is 12.1 Å². The van der Waals surface area contributed by atoms with Crippen LogP contribution in [0, 0.1) is 19.7 Å². The summed E-state index contributed by atoms with van der Waals surface area (Å²) < 4.78 is 18.8. The number of ether oxygens (including phenoxy) is 1. The fourth-order valence-corrected chi connectivity index (χ4v) is 3.55. The molecule has 140 valence electrons. The molecule has 0 saturated carbocycles. The molecule has 0 aliphatic heterocycles. The molecule has 4 nitrogen and oxygen atoms in total. The quantitative estimate of drug-likeness (QED) is 0.653. The lowest BCUT2D eigenvalue weighted by atomic mass is 10.1. The summed E-state index contributed by atoms with van der Waals surface area (Å²) in [5, 5.41) is 3.68. The Hall–Kier alpha value is -2.73. The molecule has 0 bridgehead atoms. The molecule has 0 aliphatic rings. The Balaban J connectivity index is 1.64. The molecule has 0 fully saturated rings. The zero-order valence-corrected chi connectivity index (χ0v) is 16.3. The molecule has 1 atom stereocenters. The highest BCUT2D eigenvalue weighted by Gasteiger charge is 2.18. The van der Waals surface area contributed by atoms with Crippen LogP contribution in [0.3, 0.4) is 0 Å². The Labute approximate surface area is 162 Å². The van der Waals surface area contributed by atoms with Crippen LogP contribution in [0.4, 0.5) is 4.39 Å². The molecule has 3 rings (SSSR count). The summed E-state index contributed by atoms with van der Waals surface area (Å²) in [4.78, 5) is 17.6. The fourth-order valence-electron chi connectivity index (χ4n) is 2.67. The summed E-state index contributed by atoms with van der Waals surface area (Å²) in [5.41, 5.74) is 2.64. The molecule has 1 N–H and O–H groups in total. The van der Waals surface area contributed by atoms with E-state index in [9.17, 15) is 9.18 Å². The van der Waals surface area contributed by atoms with Crippen LogP contribution in [0.25, 0.3) is 0 Å². The Morgan fingerprint density at radius 3 is 2.67 bits per heavy atom. The third-order valence-electron chi connectivity index (χ3n) is 4.12. The van der Waals surface area contributed by atoms with E-state index in [4.69, 9.17) is 4.74 Å². The molecule has 2 aromatic carbocycles. The van der Waals surface area contributed by atoms with Gasteiger partial charge < -0.3 is 10.1 Å². The topological polar surface area (TPSA) is 51.2 Å². The van der Waals surface area contributed by atoms with Gasteiger partial charge in [0.1, 0.15) is 28.1 Å². The van der Waals surface area contributed by atoms with E-state index in [0.717, 1.165) is 21.9 Å². The van der Waals surface area contributed by atoms with Crippen LogP contribution in [0.1, 0.15) is 44.5 Å². The van der Waals surface area contributed by atoms with Gasteiger partial charge in [0.25, 0.3) is 5.91 Å². The van der Waals surface area contributed by atoms with Gasteiger partial charge in [-0.15, -0.1) is 11.3 Å². The number of aromatic nitrogens is 1. The van der Waals surface area contributed by atoms with E-state index in [1.807, 2.05) is 45.0 Å². The van der Waals surface area contributed by atoms with Crippen LogP contribution in [0.5, 0.6) is 5.75 Å². The predicted octanol–water partition coefficient (Wildman–Crippen LogP) is 4.97. The summed E-state index contributed by atoms with van der Waals surface area (Å²) in [6, 6.07) is 13.7. The number of halogens is 1. The van der Waals surface area contributed by atoms with Crippen molar-refractivity contribution in [2.24, 2.45) is 0 Å². The van der Waals surface area contributed by atoms with Crippen LogP contribution in [-0.4, -0.2) is 10.9 Å². The van der Waals surface area contributed by atoms with Crippen molar-refractivity contribution in [1.82, 2.24) is 10.3 Å². The highest BCUT2D eigenvalue weighted by Crippen LogP contribution is 2.22. The largest absolute Gasteiger partial charge is 0.486 e. The van der Waals surface area contributed by atoms with Crippen LogP contribution in [0.15, 0.2) is 48.5 Å². The molecule has 1 heterocycles. The van der Waals surface area contributed by atoms with Gasteiger partial charge in [-0.05, 0) is 56.2 Å². The molecule has 6 heteroatoms. The Morgan fingerprint density at radius 1 is 1.22 bits per heavy atom. The summed E-state index contributed by atoms with van der Waals surface area (Å²) in [6.07, 6.45) is 0. The highest BCUT2D eigenvalue weighted by molar-refractivity contribution is 7.13. The van der Waals surface area contributed by atoms with E-state index in [0.29, 0.717) is 17.2 Å². The lowest BCUT2D eigenvalue weighted by molar-refractivity contribution is 0.0943. The fraction of sp³-hybridized carbons (Fsp3) is 0.238. The molecule has 1 aromatic heterocycles. The minimum atomic E-state index is -0.297. The zero-order chi connectivity index (χ0) is 19.4. The molecule has 0 saturated heterocycles. The van der Waals surface area contributed by atoms with E-state index in [1.165, 1.54) is 23.5 Å². The van der Waals surface area contributed by atoms with Gasteiger partial charge in [-0.1, -0.05) is 24.3 Å². The van der Waals surface area contributed by atoms with Crippen LogP contribution in [-0.2, 0) is 6.61 Å². The molecule has 27 heavy (non-hydrogen) atoms. The number of benzene rings is 2. The summed E-state index contributed by atoms with van der Waals surface area (Å²) in [5.74, 6) is 0.288. The molecule has 0 aliphatic carbocycles. The lowest BCUT2D eigenvalue weighted by Crippen LogP contribution is -2.26. The maximum atomic E-state index is 13.0. The maximum absolute atomic E-state index is 13.0. The molecule has 1 amide bonds. The number of rotatable bonds is 6. The average Bonchev–Trinajstić information content (AvgIpc) is 3.01. The molecule has 0 spiro atoms. The molecular formula is C21H21FN2O2S. The second-order valence-corrected chi connectivity index (χ2v) is 7.46. The molecular weight excluding hydrogens is 363 g/mol. The number of hydrogen-bond acceptors (Lipinski definition) is 4. The number of carbonyl (C=O) groups excluding carboxylic acids is 1. The number of thiazole rings is 1. The molecule has 3 aromatic rings. The van der Waals surface area contributed by atoms with Crippen molar-refractivity contribution < 1.29 is 13.9 Å². The van der Waals surface area contributed by atoms with Crippen LogP contribution >= 0.6 is 11.3 Å². The average molecular weight is 384 g/mol. The van der Waals surface area contributed by atoms with Crippen molar-refractivity contribution in [2.45, 2.75) is 33.4 Å². The number of carbonyl (C=O) groups is 1. The van der Waals surface area contributed by atoms with Gasteiger partial charge in [0.2, 0.25) is 0 Å². The van der Waals surface area contributed by atoms with Crippen LogP contribution in [0.2, 0.25) is 0 Å². The molecule has 0 unspecified atom stereocenters. The van der Waals surface area contributed by atoms with Crippen molar-refractivity contribution in [1.29, 1.82) is 0 Å². The maximum Gasteiger partial charge on any atom is 0.263 e. The number of aryl methyl sites for hydroxylation is 2.